The minimum Gasteiger partial charge on any atom is -0.356 e. The molecule has 1 aromatic rings. The Kier molecular flexibility index (Phi) is 6.05. The van der Waals surface area contributed by atoms with Gasteiger partial charge in [0, 0.05) is 17.5 Å². The van der Waals surface area contributed by atoms with Gasteiger partial charge < -0.3 is 5.32 Å². The summed E-state index contributed by atoms with van der Waals surface area (Å²) in [7, 11) is 0. The van der Waals surface area contributed by atoms with Crippen LogP contribution in [-0.2, 0) is 11.2 Å². The van der Waals surface area contributed by atoms with E-state index in [0.29, 0.717) is 6.54 Å². The molecule has 0 aliphatic heterocycles. The third kappa shape index (κ3) is 5.00. The summed E-state index contributed by atoms with van der Waals surface area (Å²) in [5.74, 6) is -2.21. The molecule has 1 N–H and O–H groups in total. The van der Waals surface area contributed by atoms with Gasteiger partial charge in [0.2, 0.25) is 5.91 Å². The molecule has 1 atom stereocenters. The maximum Gasteiger partial charge on any atom is 0.224 e. The van der Waals surface area contributed by atoms with Gasteiger partial charge in [-0.05, 0) is 25.8 Å². The SMILES string of the molecule is CC(Cl)CCCNC(=O)Cc1cccc(F)c1F. The predicted molar refractivity (Wildman–Crippen MR) is 67.6 cm³/mol. The first kappa shape index (κ1) is 14.9. The van der Waals surface area contributed by atoms with Crippen molar-refractivity contribution in [2.45, 2.75) is 31.6 Å². The molecule has 1 rings (SSSR count). The van der Waals surface area contributed by atoms with Crippen LogP contribution in [0.3, 0.4) is 0 Å². The average molecular weight is 276 g/mol. The topological polar surface area (TPSA) is 29.1 Å². The first-order chi connectivity index (χ1) is 8.50. The Morgan fingerprint density at radius 2 is 2.17 bits per heavy atom. The van der Waals surface area contributed by atoms with Crippen LogP contribution in [0.15, 0.2) is 18.2 Å². The Morgan fingerprint density at radius 1 is 1.44 bits per heavy atom. The summed E-state index contributed by atoms with van der Waals surface area (Å²) in [6.45, 7) is 2.37. The highest BCUT2D eigenvalue weighted by molar-refractivity contribution is 6.20. The molecular weight excluding hydrogens is 260 g/mol. The van der Waals surface area contributed by atoms with E-state index in [2.05, 4.69) is 5.32 Å². The molecular formula is C13H16ClF2NO. The molecule has 2 nitrogen and oxygen atoms in total. The largest absolute Gasteiger partial charge is 0.356 e. The average Bonchev–Trinajstić information content (AvgIpc) is 2.30. The minimum absolute atomic E-state index is 0.0678. The second-order valence-corrected chi connectivity index (χ2v) is 4.91. The van der Waals surface area contributed by atoms with Crippen molar-refractivity contribution in [1.29, 1.82) is 0 Å². The molecule has 0 aliphatic rings. The third-order valence-corrected chi connectivity index (χ3v) is 2.70. The van der Waals surface area contributed by atoms with Gasteiger partial charge in [-0.3, -0.25) is 4.79 Å². The van der Waals surface area contributed by atoms with E-state index in [0.717, 1.165) is 18.9 Å². The zero-order valence-corrected chi connectivity index (χ0v) is 10.9. The van der Waals surface area contributed by atoms with Gasteiger partial charge in [0.25, 0.3) is 0 Å². The van der Waals surface area contributed by atoms with Crippen LogP contribution < -0.4 is 5.32 Å². The van der Waals surface area contributed by atoms with Crippen LogP contribution >= 0.6 is 11.6 Å². The normalized spacial score (nSPS) is 12.2. The maximum absolute atomic E-state index is 13.3. The van der Waals surface area contributed by atoms with Crippen molar-refractivity contribution in [2.75, 3.05) is 6.54 Å². The monoisotopic (exact) mass is 275 g/mol. The molecule has 0 spiro atoms. The highest BCUT2D eigenvalue weighted by Gasteiger charge is 2.11. The molecule has 5 heteroatoms. The molecule has 0 aromatic heterocycles. The van der Waals surface area contributed by atoms with Gasteiger partial charge in [0.1, 0.15) is 0 Å². The van der Waals surface area contributed by atoms with E-state index in [4.69, 9.17) is 11.6 Å². The number of amides is 1. The molecule has 0 fully saturated rings. The van der Waals surface area contributed by atoms with Crippen molar-refractivity contribution in [1.82, 2.24) is 5.32 Å². The Bertz CT molecular complexity index is 410. The summed E-state index contributed by atoms with van der Waals surface area (Å²) in [6.07, 6.45) is 1.41. The van der Waals surface area contributed by atoms with E-state index in [1.165, 1.54) is 12.1 Å². The lowest BCUT2D eigenvalue weighted by Gasteiger charge is -2.07. The molecule has 0 saturated carbocycles. The molecule has 0 radical (unpaired) electrons. The fraction of sp³-hybridized carbons (Fsp3) is 0.462. The highest BCUT2D eigenvalue weighted by Crippen LogP contribution is 2.11. The van der Waals surface area contributed by atoms with E-state index in [-0.39, 0.29) is 23.3 Å². The fourth-order valence-electron chi connectivity index (χ4n) is 1.53. The standard InChI is InChI=1S/C13H16ClF2NO/c1-9(14)4-3-7-17-12(18)8-10-5-2-6-11(15)13(10)16/h2,5-6,9H,3-4,7-8H2,1H3,(H,17,18). The Labute approximate surface area is 110 Å². The number of carbonyl (C=O) groups is 1. The van der Waals surface area contributed by atoms with Gasteiger partial charge in [0.05, 0.1) is 6.42 Å². The lowest BCUT2D eigenvalue weighted by atomic mass is 10.1. The minimum atomic E-state index is -0.956. The van der Waals surface area contributed by atoms with Crippen LogP contribution in [0.2, 0.25) is 0 Å². The van der Waals surface area contributed by atoms with Crippen LogP contribution in [0.1, 0.15) is 25.3 Å². The number of benzene rings is 1. The van der Waals surface area contributed by atoms with Gasteiger partial charge in [-0.15, -0.1) is 11.6 Å². The van der Waals surface area contributed by atoms with Crippen LogP contribution in [0, 0.1) is 11.6 Å². The molecule has 0 aliphatic carbocycles. The zero-order chi connectivity index (χ0) is 13.5. The molecule has 0 bridgehead atoms. The van der Waals surface area contributed by atoms with E-state index >= 15 is 0 Å². The zero-order valence-electron chi connectivity index (χ0n) is 10.2. The Hall–Kier alpha value is -1.16. The lowest BCUT2D eigenvalue weighted by Crippen LogP contribution is -2.26. The van der Waals surface area contributed by atoms with E-state index in [1.54, 1.807) is 0 Å². The maximum atomic E-state index is 13.3. The van der Waals surface area contributed by atoms with Crippen molar-refractivity contribution >= 4 is 17.5 Å². The molecule has 0 saturated heterocycles. The van der Waals surface area contributed by atoms with Crippen molar-refractivity contribution in [2.24, 2.45) is 0 Å². The number of hydrogen-bond acceptors (Lipinski definition) is 1. The lowest BCUT2D eigenvalue weighted by molar-refractivity contribution is -0.120. The van der Waals surface area contributed by atoms with Crippen LogP contribution in [-0.4, -0.2) is 17.8 Å². The molecule has 100 valence electrons. The van der Waals surface area contributed by atoms with Gasteiger partial charge >= 0.3 is 0 Å². The number of nitrogens with one attached hydrogen (secondary N) is 1. The second kappa shape index (κ2) is 7.31. The summed E-state index contributed by atoms with van der Waals surface area (Å²) in [5, 5.41) is 2.72. The fourth-order valence-corrected chi connectivity index (χ4v) is 1.69. The third-order valence-electron chi connectivity index (χ3n) is 2.48. The number of alkyl halides is 1. The van der Waals surface area contributed by atoms with Crippen molar-refractivity contribution in [3.05, 3.63) is 35.4 Å². The van der Waals surface area contributed by atoms with Crippen LogP contribution in [0.5, 0.6) is 0 Å². The van der Waals surface area contributed by atoms with Crippen LogP contribution in [0.4, 0.5) is 8.78 Å². The van der Waals surface area contributed by atoms with Gasteiger partial charge in [-0.2, -0.15) is 0 Å². The number of halogens is 3. The summed E-state index contributed by atoms with van der Waals surface area (Å²) in [4.78, 5) is 11.5. The molecule has 18 heavy (non-hydrogen) atoms. The smallest absolute Gasteiger partial charge is 0.224 e. The molecule has 1 unspecified atom stereocenters. The van der Waals surface area contributed by atoms with E-state index < -0.39 is 11.6 Å². The highest BCUT2D eigenvalue weighted by atomic mass is 35.5. The predicted octanol–water partition coefficient (Wildman–Crippen LogP) is 3.03. The Morgan fingerprint density at radius 3 is 2.83 bits per heavy atom. The van der Waals surface area contributed by atoms with E-state index in [1.807, 2.05) is 6.92 Å². The van der Waals surface area contributed by atoms with Gasteiger partial charge in [-0.1, -0.05) is 12.1 Å². The van der Waals surface area contributed by atoms with E-state index in [9.17, 15) is 13.6 Å². The summed E-state index contributed by atoms with van der Waals surface area (Å²) in [5.41, 5.74) is 0.0678. The summed E-state index contributed by atoms with van der Waals surface area (Å²) in [6, 6.07) is 3.81. The quantitative estimate of drug-likeness (QED) is 0.627. The first-order valence-corrected chi connectivity index (χ1v) is 6.28. The van der Waals surface area contributed by atoms with Crippen molar-refractivity contribution in [3.63, 3.8) is 0 Å². The first-order valence-electron chi connectivity index (χ1n) is 5.84. The second-order valence-electron chi connectivity index (χ2n) is 4.16. The number of rotatable bonds is 6. The molecule has 1 amide bonds. The summed E-state index contributed by atoms with van der Waals surface area (Å²) < 4.78 is 26.2. The number of carbonyl (C=O) groups excluding carboxylic acids is 1. The van der Waals surface area contributed by atoms with Gasteiger partial charge in [0.15, 0.2) is 11.6 Å². The molecule has 1 aromatic carbocycles. The van der Waals surface area contributed by atoms with Gasteiger partial charge in [-0.25, -0.2) is 8.78 Å². The Balaban J connectivity index is 2.38. The molecule has 0 heterocycles. The van der Waals surface area contributed by atoms with Crippen molar-refractivity contribution < 1.29 is 13.6 Å². The van der Waals surface area contributed by atoms with Crippen molar-refractivity contribution in [3.8, 4) is 0 Å². The number of hydrogen-bond donors (Lipinski definition) is 1. The summed E-state index contributed by atoms with van der Waals surface area (Å²) >= 11 is 5.76. The van der Waals surface area contributed by atoms with Crippen LogP contribution in [0.25, 0.3) is 0 Å².